The van der Waals surface area contributed by atoms with Crippen LogP contribution in [0.1, 0.15) is 39.5 Å². The van der Waals surface area contributed by atoms with E-state index in [4.69, 9.17) is 5.73 Å². The summed E-state index contributed by atoms with van der Waals surface area (Å²) in [6.07, 6.45) is 4.59. The summed E-state index contributed by atoms with van der Waals surface area (Å²) in [6.45, 7) is 7.67. The van der Waals surface area contributed by atoms with Gasteiger partial charge in [-0.2, -0.15) is 0 Å². The van der Waals surface area contributed by atoms with Gasteiger partial charge in [0.05, 0.1) is 5.60 Å². The molecule has 0 amide bonds. The highest BCUT2D eigenvalue weighted by molar-refractivity contribution is 4.97. The lowest BCUT2D eigenvalue weighted by Gasteiger charge is -2.33. The zero-order valence-electron chi connectivity index (χ0n) is 10.2. The monoisotopic (exact) mass is 214 g/mol. The summed E-state index contributed by atoms with van der Waals surface area (Å²) in [5.74, 6) is 0.457. The first-order valence-electron chi connectivity index (χ1n) is 6.31. The van der Waals surface area contributed by atoms with E-state index in [0.29, 0.717) is 12.5 Å². The van der Waals surface area contributed by atoms with Crippen molar-refractivity contribution in [1.82, 2.24) is 4.90 Å². The van der Waals surface area contributed by atoms with Crippen molar-refractivity contribution in [2.45, 2.75) is 45.1 Å². The normalized spacial score (nSPS) is 20.6. The van der Waals surface area contributed by atoms with E-state index >= 15 is 0 Å². The fourth-order valence-electron chi connectivity index (χ4n) is 2.27. The van der Waals surface area contributed by atoms with Crippen LogP contribution in [0, 0.1) is 5.92 Å². The quantitative estimate of drug-likeness (QED) is 0.638. The summed E-state index contributed by atoms with van der Waals surface area (Å²) in [4.78, 5) is 2.35. The van der Waals surface area contributed by atoms with Gasteiger partial charge in [-0.1, -0.05) is 13.8 Å². The SMILES string of the molecule is CCCN(CCC)CC(O)(CN)C1CC1. The van der Waals surface area contributed by atoms with E-state index in [1.807, 2.05) is 0 Å². The Labute approximate surface area is 93.6 Å². The van der Waals surface area contributed by atoms with Crippen LogP contribution in [0.2, 0.25) is 0 Å². The Kier molecular flexibility index (Phi) is 5.03. The summed E-state index contributed by atoms with van der Waals surface area (Å²) in [6, 6.07) is 0. The number of aliphatic hydroxyl groups is 1. The lowest BCUT2D eigenvalue weighted by Crippen LogP contribution is -2.50. The number of nitrogens with two attached hydrogens (primary N) is 1. The van der Waals surface area contributed by atoms with Crippen molar-refractivity contribution >= 4 is 0 Å². The van der Waals surface area contributed by atoms with Crippen LogP contribution in [0.25, 0.3) is 0 Å². The highest BCUT2D eigenvalue weighted by Gasteiger charge is 2.43. The van der Waals surface area contributed by atoms with Crippen LogP contribution in [0.4, 0.5) is 0 Å². The van der Waals surface area contributed by atoms with Crippen molar-refractivity contribution in [2.75, 3.05) is 26.2 Å². The van der Waals surface area contributed by atoms with Gasteiger partial charge in [0.2, 0.25) is 0 Å². The highest BCUT2D eigenvalue weighted by atomic mass is 16.3. The number of hydrogen-bond donors (Lipinski definition) is 2. The molecular weight excluding hydrogens is 188 g/mol. The molecule has 0 radical (unpaired) electrons. The summed E-state index contributed by atoms with van der Waals surface area (Å²) in [5.41, 5.74) is 5.09. The van der Waals surface area contributed by atoms with E-state index in [9.17, 15) is 5.11 Å². The summed E-state index contributed by atoms with van der Waals surface area (Å²) < 4.78 is 0. The van der Waals surface area contributed by atoms with E-state index in [1.165, 1.54) is 0 Å². The molecule has 0 aromatic heterocycles. The minimum atomic E-state index is -0.621. The topological polar surface area (TPSA) is 49.5 Å². The second-order valence-corrected chi connectivity index (χ2v) is 4.86. The van der Waals surface area contributed by atoms with Crippen LogP contribution in [-0.2, 0) is 0 Å². The molecule has 0 aromatic rings. The number of rotatable bonds is 8. The first kappa shape index (κ1) is 12.9. The van der Waals surface area contributed by atoms with E-state index in [0.717, 1.165) is 45.3 Å². The molecule has 1 aliphatic rings. The third-order valence-electron chi connectivity index (χ3n) is 3.27. The molecule has 1 atom stereocenters. The van der Waals surface area contributed by atoms with Crippen molar-refractivity contribution in [3.8, 4) is 0 Å². The fourth-order valence-corrected chi connectivity index (χ4v) is 2.27. The largest absolute Gasteiger partial charge is 0.387 e. The van der Waals surface area contributed by atoms with Gasteiger partial charge in [-0.3, -0.25) is 0 Å². The zero-order valence-corrected chi connectivity index (χ0v) is 10.2. The van der Waals surface area contributed by atoms with Gasteiger partial charge in [0.25, 0.3) is 0 Å². The standard InChI is InChI=1S/C12H26N2O/c1-3-7-14(8-4-2)10-12(15,9-13)11-5-6-11/h11,15H,3-10,13H2,1-2H3. The third-order valence-corrected chi connectivity index (χ3v) is 3.27. The van der Waals surface area contributed by atoms with Gasteiger partial charge in [0.15, 0.2) is 0 Å². The Balaban J connectivity index is 2.45. The van der Waals surface area contributed by atoms with Gasteiger partial charge in [-0.25, -0.2) is 0 Å². The van der Waals surface area contributed by atoms with E-state index < -0.39 is 5.60 Å². The van der Waals surface area contributed by atoms with E-state index in [-0.39, 0.29) is 0 Å². The van der Waals surface area contributed by atoms with E-state index in [2.05, 4.69) is 18.7 Å². The van der Waals surface area contributed by atoms with Crippen LogP contribution in [-0.4, -0.2) is 41.8 Å². The Morgan fingerprint density at radius 3 is 2.13 bits per heavy atom. The van der Waals surface area contributed by atoms with Gasteiger partial charge < -0.3 is 15.7 Å². The van der Waals surface area contributed by atoms with Crippen LogP contribution in [0.15, 0.2) is 0 Å². The molecule has 3 N–H and O–H groups in total. The predicted molar refractivity (Wildman–Crippen MR) is 63.8 cm³/mol. The molecule has 1 saturated carbocycles. The molecule has 0 aromatic carbocycles. The zero-order chi connectivity index (χ0) is 11.3. The van der Waals surface area contributed by atoms with Crippen molar-refractivity contribution in [3.63, 3.8) is 0 Å². The molecule has 0 spiro atoms. The highest BCUT2D eigenvalue weighted by Crippen LogP contribution is 2.39. The summed E-state index contributed by atoms with van der Waals surface area (Å²) in [5, 5.41) is 10.4. The summed E-state index contributed by atoms with van der Waals surface area (Å²) in [7, 11) is 0. The molecule has 3 heteroatoms. The predicted octanol–water partition coefficient (Wildman–Crippen LogP) is 1.21. The van der Waals surface area contributed by atoms with Crippen LogP contribution < -0.4 is 5.73 Å². The molecular formula is C12H26N2O. The molecule has 0 aliphatic heterocycles. The fraction of sp³-hybridized carbons (Fsp3) is 1.00. The molecule has 1 rings (SSSR count). The smallest absolute Gasteiger partial charge is 0.0923 e. The second kappa shape index (κ2) is 5.83. The van der Waals surface area contributed by atoms with Gasteiger partial charge in [0, 0.05) is 13.1 Å². The molecule has 90 valence electrons. The first-order valence-corrected chi connectivity index (χ1v) is 6.31. The van der Waals surface area contributed by atoms with Gasteiger partial charge in [0.1, 0.15) is 0 Å². The van der Waals surface area contributed by atoms with Crippen LogP contribution >= 0.6 is 0 Å². The Bertz CT molecular complexity index is 176. The van der Waals surface area contributed by atoms with E-state index in [1.54, 1.807) is 0 Å². The lowest BCUT2D eigenvalue weighted by molar-refractivity contribution is -0.00826. The van der Waals surface area contributed by atoms with Gasteiger partial charge in [-0.05, 0) is 44.7 Å². The lowest BCUT2D eigenvalue weighted by atomic mass is 9.97. The number of nitrogens with zero attached hydrogens (tertiary/aromatic N) is 1. The maximum Gasteiger partial charge on any atom is 0.0923 e. The van der Waals surface area contributed by atoms with Crippen molar-refractivity contribution in [1.29, 1.82) is 0 Å². The van der Waals surface area contributed by atoms with Gasteiger partial charge >= 0.3 is 0 Å². The molecule has 0 bridgehead atoms. The molecule has 1 fully saturated rings. The molecule has 0 saturated heterocycles. The minimum Gasteiger partial charge on any atom is -0.387 e. The Morgan fingerprint density at radius 2 is 1.80 bits per heavy atom. The first-order chi connectivity index (χ1) is 7.16. The average molecular weight is 214 g/mol. The Morgan fingerprint density at radius 1 is 1.27 bits per heavy atom. The van der Waals surface area contributed by atoms with Crippen molar-refractivity contribution in [3.05, 3.63) is 0 Å². The summed E-state index contributed by atoms with van der Waals surface area (Å²) >= 11 is 0. The third kappa shape index (κ3) is 3.74. The molecule has 3 nitrogen and oxygen atoms in total. The van der Waals surface area contributed by atoms with Crippen LogP contribution in [0.5, 0.6) is 0 Å². The average Bonchev–Trinajstić information content (AvgIpc) is 3.02. The number of hydrogen-bond acceptors (Lipinski definition) is 3. The van der Waals surface area contributed by atoms with Crippen molar-refractivity contribution < 1.29 is 5.11 Å². The second-order valence-electron chi connectivity index (χ2n) is 4.86. The van der Waals surface area contributed by atoms with Crippen LogP contribution in [0.3, 0.4) is 0 Å². The maximum absolute atomic E-state index is 10.4. The van der Waals surface area contributed by atoms with Crippen molar-refractivity contribution in [2.24, 2.45) is 11.7 Å². The Hall–Kier alpha value is -0.120. The molecule has 15 heavy (non-hydrogen) atoms. The minimum absolute atomic E-state index is 0.404. The maximum atomic E-state index is 10.4. The molecule has 0 heterocycles. The molecule has 1 aliphatic carbocycles. The molecule has 1 unspecified atom stereocenters. The van der Waals surface area contributed by atoms with Gasteiger partial charge in [-0.15, -0.1) is 0 Å².